The summed E-state index contributed by atoms with van der Waals surface area (Å²) >= 11 is 1.12. The molecule has 2 N–H and O–H groups in total. The van der Waals surface area contributed by atoms with Gasteiger partial charge in [-0.3, -0.25) is 9.69 Å². The number of aliphatic hydroxyl groups excluding tert-OH is 1. The van der Waals surface area contributed by atoms with E-state index in [2.05, 4.69) is 25.1 Å². The maximum absolute atomic E-state index is 14.4. The average Bonchev–Trinajstić information content (AvgIpc) is 3.56. The smallest absolute Gasteiger partial charge is 0.406 e. The van der Waals surface area contributed by atoms with Crippen molar-refractivity contribution < 1.29 is 32.2 Å². The Hall–Kier alpha value is -4.43. The molecule has 3 aromatic carbocycles. The summed E-state index contributed by atoms with van der Waals surface area (Å²) in [6.07, 6.45) is -3.52. The van der Waals surface area contributed by atoms with Crippen LogP contribution < -0.4 is 15.0 Å². The van der Waals surface area contributed by atoms with Gasteiger partial charge < -0.3 is 15.2 Å². The number of hydrogen-bond acceptors (Lipinski definition) is 8. The van der Waals surface area contributed by atoms with E-state index in [1.54, 1.807) is 31.2 Å². The van der Waals surface area contributed by atoms with E-state index in [4.69, 9.17) is 0 Å². The number of carbonyl (C=O) groups is 1. The molecule has 1 fully saturated rings. The van der Waals surface area contributed by atoms with Crippen molar-refractivity contribution in [2.45, 2.75) is 32.5 Å². The minimum atomic E-state index is -4.76. The van der Waals surface area contributed by atoms with Gasteiger partial charge in [-0.15, -0.1) is 13.2 Å². The number of aliphatic hydroxyl groups is 1. The fourth-order valence-electron chi connectivity index (χ4n) is 4.14. The number of carbonyl (C=O) groups excluding carboxylic acids is 1. The van der Waals surface area contributed by atoms with E-state index in [0.29, 0.717) is 30.0 Å². The van der Waals surface area contributed by atoms with Gasteiger partial charge in [-0.1, -0.05) is 30.0 Å². The molecule has 1 saturated heterocycles. The summed E-state index contributed by atoms with van der Waals surface area (Å²) < 4.78 is 56.8. The van der Waals surface area contributed by atoms with Gasteiger partial charge in [0.05, 0.1) is 17.1 Å². The van der Waals surface area contributed by atoms with Gasteiger partial charge >= 0.3 is 6.36 Å². The van der Waals surface area contributed by atoms with E-state index in [9.17, 15) is 27.5 Å². The number of alkyl halides is 3. The molecular formula is C28H24F4N6O3S. The number of nitrogens with one attached hydrogen (secondary N) is 1. The number of thioether (sulfide) groups is 1. The molecule has 14 heteroatoms. The molecule has 9 nitrogen and oxygen atoms in total. The van der Waals surface area contributed by atoms with Crippen LogP contribution in [-0.4, -0.2) is 49.4 Å². The molecule has 5 rings (SSSR count). The highest BCUT2D eigenvalue weighted by atomic mass is 32.2. The molecule has 1 amide bonds. The molecule has 42 heavy (non-hydrogen) atoms. The predicted octanol–water partition coefficient (Wildman–Crippen LogP) is 5.22. The van der Waals surface area contributed by atoms with Gasteiger partial charge in [0.25, 0.3) is 0 Å². The van der Waals surface area contributed by atoms with E-state index >= 15 is 0 Å². The first-order valence-electron chi connectivity index (χ1n) is 12.6. The van der Waals surface area contributed by atoms with Crippen molar-refractivity contribution in [2.75, 3.05) is 16.0 Å². The number of benzene rings is 3. The van der Waals surface area contributed by atoms with E-state index in [0.717, 1.165) is 22.9 Å². The Labute approximate surface area is 241 Å². The summed E-state index contributed by atoms with van der Waals surface area (Å²) in [5.74, 6) is -0.566. The summed E-state index contributed by atoms with van der Waals surface area (Å²) in [7, 11) is 0. The molecule has 0 saturated carbocycles. The number of hydrogen-bond donors (Lipinski definition) is 2. The van der Waals surface area contributed by atoms with Crippen LogP contribution in [0.15, 0.2) is 78.0 Å². The van der Waals surface area contributed by atoms with Crippen molar-refractivity contribution >= 4 is 34.2 Å². The first-order chi connectivity index (χ1) is 20.0. The van der Waals surface area contributed by atoms with Gasteiger partial charge in [-0.25, -0.2) is 19.0 Å². The molecular weight excluding hydrogens is 576 g/mol. The van der Waals surface area contributed by atoms with Crippen molar-refractivity contribution in [1.82, 2.24) is 14.8 Å². The monoisotopic (exact) mass is 600 g/mol. The number of amides is 1. The quantitative estimate of drug-likeness (QED) is 0.201. The third-order valence-electron chi connectivity index (χ3n) is 6.10. The molecule has 4 aromatic rings. The Balaban J connectivity index is 1.16. The molecule has 0 spiro atoms. The molecule has 1 aliphatic rings. The molecule has 0 aliphatic carbocycles. The van der Waals surface area contributed by atoms with Gasteiger partial charge in [0.1, 0.15) is 17.9 Å². The number of aryl methyl sites for hydroxylation is 3. The molecule has 2 heterocycles. The van der Waals surface area contributed by atoms with Gasteiger partial charge in [0.15, 0.2) is 11.0 Å². The fourth-order valence-corrected chi connectivity index (χ4v) is 5.02. The van der Waals surface area contributed by atoms with Crippen LogP contribution in [0.3, 0.4) is 0 Å². The van der Waals surface area contributed by atoms with Crippen LogP contribution in [0.2, 0.25) is 0 Å². The van der Waals surface area contributed by atoms with Gasteiger partial charge in [0, 0.05) is 12.1 Å². The van der Waals surface area contributed by atoms with E-state index in [1.807, 2.05) is 12.1 Å². The number of rotatable bonds is 9. The van der Waals surface area contributed by atoms with Crippen LogP contribution in [0.5, 0.6) is 5.75 Å². The Morgan fingerprint density at radius 1 is 1.10 bits per heavy atom. The molecule has 1 atom stereocenters. The highest BCUT2D eigenvalue weighted by molar-refractivity contribution is 8.15. The van der Waals surface area contributed by atoms with Crippen LogP contribution in [0.4, 0.5) is 28.9 Å². The molecule has 1 aliphatic heterocycles. The Kier molecular flexibility index (Phi) is 8.45. The Bertz CT molecular complexity index is 1590. The van der Waals surface area contributed by atoms with E-state index in [-0.39, 0.29) is 28.3 Å². The topological polar surface area (TPSA) is 105 Å². The van der Waals surface area contributed by atoms with Crippen molar-refractivity contribution in [3.8, 4) is 11.4 Å². The summed E-state index contributed by atoms with van der Waals surface area (Å²) in [6, 6.07) is 17.0. The van der Waals surface area contributed by atoms with Crippen LogP contribution in [0.25, 0.3) is 5.69 Å². The number of anilines is 2. The number of halogens is 4. The molecule has 218 valence electrons. The van der Waals surface area contributed by atoms with Gasteiger partial charge in [0.2, 0.25) is 12.3 Å². The maximum Gasteiger partial charge on any atom is 0.573 e. The van der Waals surface area contributed by atoms with Crippen LogP contribution in [0.1, 0.15) is 17.0 Å². The minimum absolute atomic E-state index is 0.0872. The lowest BCUT2D eigenvalue weighted by atomic mass is 10.1. The van der Waals surface area contributed by atoms with Gasteiger partial charge in [-0.2, -0.15) is 5.10 Å². The normalized spacial score (nSPS) is 15.3. The van der Waals surface area contributed by atoms with Crippen molar-refractivity contribution in [2.24, 2.45) is 4.99 Å². The first kappa shape index (κ1) is 29.1. The third-order valence-corrected chi connectivity index (χ3v) is 7.04. The van der Waals surface area contributed by atoms with Gasteiger partial charge in [-0.05, 0) is 73.0 Å². The molecule has 0 radical (unpaired) electrons. The van der Waals surface area contributed by atoms with Crippen LogP contribution in [-0.2, 0) is 17.6 Å². The lowest BCUT2D eigenvalue weighted by Crippen LogP contribution is -2.32. The SMILES string of the molecule is Cc1ccc(F)c(N2C(=O)CS/C2=N\C(O)Nc2ccc(CCc3ncn(-c4ccc(OC(F)(F)F)cc4)n3)cc2)c1. The van der Waals surface area contributed by atoms with Crippen molar-refractivity contribution in [3.05, 3.63) is 95.8 Å². The summed E-state index contributed by atoms with van der Waals surface area (Å²) in [4.78, 5) is 22.0. The number of aromatic nitrogens is 3. The summed E-state index contributed by atoms with van der Waals surface area (Å²) in [6.45, 7) is 1.79. The van der Waals surface area contributed by atoms with Crippen LogP contribution >= 0.6 is 11.8 Å². The summed E-state index contributed by atoms with van der Waals surface area (Å²) in [5.41, 5.74) is 2.97. The van der Waals surface area contributed by atoms with Crippen LogP contribution in [0, 0.1) is 12.7 Å². The zero-order valence-corrected chi connectivity index (χ0v) is 22.9. The highest BCUT2D eigenvalue weighted by Gasteiger charge is 2.32. The predicted molar refractivity (Wildman–Crippen MR) is 150 cm³/mol. The standard InChI is InChI=1S/C28H24F4N6O3S/c1-17-2-12-22(29)23(14-17)38-25(39)15-42-27(38)35-26(40)34-19-6-3-18(4-7-19)5-13-24-33-16-37(36-24)20-8-10-21(11-9-20)41-28(30,31)32/h2-4,6-12,14,16,26,34,40H,5,13,15H2,1H3/b35-27-. The van der Waals surface area contributed by atoms with E-state index < -0.39 is 18.5 Å². The highest BCUT2D eigenvalue weighted by Crippen LogP contribution is 2.30. The number of aliphatic imine (C=N–C) groups is 1. The lowest BCUT2D eigenvalue weighted by Gasteiger charge is -2.19. The molecule has 0 bridgehead atoms. The number of ether oxygens (including phenoxy) is 1. The second-order valence-corrected chi connectivity index (χ2v) is 10.2. The lowest BCUT2D eigenvalue weighted by molar-refractivity contribution is -0.274. The number of nitrogens with zero attached hydrogens (tertiary/aromatic N) is 5. The van der Waals surface area contributed by atoms with Crippen molar-refractivity contribution in [3.63, 3.8) is 0 Å². The number of amidine groups is 1. The zero-order chi connectivity index (χ0) is 29.9. The Morgan fingerprint density at radius 3 is 2.55 bits per heavy atom. The average molecular weight is 601 g/mol. The minimum Gasteiger partial charge on any atom is -0.406 e. The zero-order valence-electron chi connectivity index (χ0n) is 22.0. The van der Waals surface area contributed by atoms with Crippen molar-refractivity contribution in [1.29, 1.82) is 0 Å². The summed E-state index contributed by atoms with van der Waals surface area (Å²) in [5, 5.41) is 17.9. The second-order valence-electron chi connectivity index (χ2n) is 9.25. The maximum atomic E-state index is 14.4. The first-order valence-corrected chi connectivity index (χ1v) is 13.6. The third kappa shape index (κ3) is 7.25. The largest absolute Gasteiger partial charge is 0.573 e. The second kappa shape index (κ2) is 12.2. The fraction of sp³-hybridized carbons (Fsp3) is 0.214. The van der Waals surface area contributed by atoms with E-state index in [1.165, 1.54) is 46.2 Å². The Morgan fingerprint density at radius 2 is 1.83 bits per heavy atom. The molecule has 1 unspecified atom stereocenters. The molecule has 1 aromatic heterocycles.